The van der Waals surface area contributed by atoms with E-state index in [0.717, 1.165) is 22.7 Å². The third-order valence-corrected chi connectivity index (χ3v) is 6.72. The fourth-order valence-electron chi connectivity index (χ4n) is 2.96. The van der Waals surface area contributed by atoms with Crippen LogP contribution in [0.1, 0.15) is 41.6 Å². The van der Waals surface area contributed by atoms with E-state index in [9.17, 15) is 9.59 Å². The summed E-state index contributed by atoms with van der Waals surface area (Å²) in [7, 11) is 0. The number of thiophene rings is 1. The molecule has 0 saturated heterocycles. The first kappa shape index (κ1) is 23.0. The van der Waals surface area contributed by atoms with Gasteiger partial charge in [0, 0.05) is 17.0 Å². The van der Waals surface area contributed by atoms with E-state index in [0.29, 0.717) is 22.3 Å². The Kier molecular flexibility index (Phi) is 7.86. The summed E-state index contributed by atoms with van der Waals surface area (Å²) >= 11 is 2.72. The minimum absolute atomic E-state index is 0.160. The lowest BCUT2D eigenvalue weighted by atomic mass is 10.1. The molecular weight excluding hydrogens is 432 g/mol. The third kappa shape index (κ3) is 5.54. The summed E-state index contributed by atoms with van der Waals surface area (Å²) < 4.78 is 7.10. The van der Waals surface area contributed by atoms with Gasteiger partial charge in [0.1, 0.15) is 5.00 Å². The molecule has 3 rings (SSSR count). The van der Waals surface area contributed by atoms with Crippen molar-refractivity contribution in [2.24, 2.45) is 0 Å². The van der Waals surface area contributed by atoms with Gasteiger partial charge in [0.2, 0.25) is 5.91 Å². The Bertz CT molecular complexity index is 1060. The number of thioether (sulfide) groups is 1. The Morgan fingerprint density at radius 1 is 1.16 bits per heavy atom. The SMILES string of the molecule is CCOC(=O)c1cc(CC)sc1NC(=O)CSc1nnc(-c2ccc(C)cc2)n1CC. The molecule has 2 aromatic heterocycles. The van der Waals surface area contributed by atoms with Crippen LogP contribution in [0, 0.1) is 6.92 Å². The van der Waals surface area contributed by atoms with E-state index in [2.05, 4.69) is 15.5 Å². The molecule has 31 heavy (non-hydrogen) atoms. The van der Waals surface area contributed by atoms with Gasteiger partial charge in [-0.05, 0) is 33.3 Å². The average molecular weight is 459 g/mol. The second kappa shape index (κ2) is 10.6. The van der Waals surface area contributed by atoms with Crippen LogP contribution in [0.5, 0.6) is 0 Å². The van der Waals surface area contributed by atoms with Crippen LogP contribution in [0.15, 0.2) is 35.5 Å². The molecule has 0 saturated carbocycles. The standard InChI is InChI=1S/C22H26N4O3S2/c1-5-16-12-17(21(28)29-7-3)20(31-16)23-18(27)13-30-22-25-24-19(26(22)6-2)15-10-8-14(4)9-11-15/h8-12H,5-7,13H2,1-4H3,(H,23,27). The summed E-state index contributed by atoms with van der Waals surface area (Å²) in [6, 6.07) is 9.90. The van der Waals surface area contributed by atoms with Gasteiger partial charge in [0.25, 0.3) is 0 Å². The molecule has 1 N–H and O–H groups in total. The van der Waals surface area contributed by atoms with E-state index in [4.69, 9.17) is 4.74 Å². The van der Waals surface area contributed by atoms with E-state index in [1.807, 2.05) is 49.6 Å². The van der Waals surface area contributed by atoms with E-state index < -0.39 is 5.97 Å². The number of anilines is 1. The highest BCUT2D eigenvalue weighted by Crippen LogP contribution is 2.30. The van der Waals surface area contributed by atoms with Crippen molar-refractivity contribution in [1.29, 1.82) is 0 Å². The summed E-state index contributed by atoms with van der Waals surface area (Å²) in [5.41, 5.74) is 2.57. The van der Waals surface area contributed by atoms with Crippen molar-refractivity contribution in [1.82, 2.24) is 14.8 Å². The van der Waals surface area contributed by atoms with Crippen LogP contribution in [0.3, 0.4) is 0 Å². The number of ether oxygens (including phenoxy) is 1. The van der Waals surface area contributed by atoms with Gasteiger partial charge in [-0.25, -0.2) is 4.79 Å². The summed E-state index contributed by atoms with van der Waals surface area (Å²) in [5, 5.41) is 12.7. The van der Waals surface area contributed by atoms with Crippen LogP contribution in [0.4, 0.5) is 5.00 Å². The summed E-state index contributed by atoms with van der Waals surface area (Å²) in [5.74, 6) is 0.312. The van der Waals surface area contributed by atoms with Gasteiger partial charge in [-0.15, -0.1) is 21.5 Å². The number of aryl methyl sites for hydroxylation is 2. The van der Waals surface area contributed by atoms with Crippen LogP contribution in [-0.2, 0) is 22.5 Å². The van der Waals surface area contributed by atoms with E-state index in [1.54, 1.807) is 13.0 Å². The van der Waals surface area contributed by atoms with E-state index in [1.165, 1.54) is 28.7 Å². The molecule has 2 heterocycles. The topological polar surface area (TPSA) is 86.1 Å². The van der Waals surface area contributed by atoms with Crippen LogP contribution in [0.25, 0.3) is 11.4 Å². The Morgan fingerprint density at radius 3 is 2.55 bits per heavy atom. The summed E-state index contributed by atoms with van der Waals surface area (Å²) in [6.45, 7) is 8.81. The highest BCUT2D eigenvalue weighted by atomic mass is 32.2. The number of carbonyl (C=O) groups excluding carboxylic acids is 2. The van der Waals surface area contributed by atoms with Crippen molar-refractivity contribution in [3.8, 4) is 11.4 Å². The molecule has 1 aromatic carbocycles. The molecule has 0 aliphatic heterocycles. The lowest BCUT2D eigenvalue weighted by Crippen LogP contribution is -2.16. The molecule has 0 aliphatic rings. The zero-order chi connectivity index (χ0) is 22.4. The molecule has 0 aliphatic carbocycles. The fraction of sp³-hybridized carbons (Fsp3) is 0.364. The first-order valence-electron chi connectivity index (χ1n) is 10.2. The Hall–Kier alpha value is -2.65. The van der Waals surface area contributed by atoms with E-state index in [-0.39, 0.29) is 18.3 Å². The average Bonchev–Trinajstić information content (AvgIpc) is 3.36. The highest BCUT2D eigenvalue weighted by Gasteiger charge is 2.20. The smallest absolute Gasteiger partial charge is 0.341 e. The summed E-state index contributed by atoms with van der Waals surface area (Å²) in [6.07, 6.45) is 0.781. The normalized spacial score (nSPS) is 10.8. The number of rotatable bonds is 9. The quantitative estimate of drug-likeness (QED) is 0.366. The number of aromatic nitrogens is 3. The lowest BCUT2D eigenvalue weighted by Gasteiger charge is -2.08. The van der Waals surface area contributed by atoms with Crippen LogP contribution < -0.4 is 5.32 Å². The predicted molar refractivity (Wildman–Crippen MR) is 125 cm³/mol. The maximum atomic E-state index is 12.6. The molecule has 164 valence electrons. The maximum Gasteiger partial charge on any atom is 0.341 e. The number of benzene rings is 1. The Labute approximate surface area is 190 Å². The van der Waals surface area contributed by atoms with Crippen molar-refractivity contribution in [2.75, 3.05) is 17.7 Å². The zero-order valence-corrected chi connectivity index (χ0v) is 19.7. The summed E-state index contributed by atoms with van der Waals surface area (Å²) in [4.78, 5) is 25.8. The molecule has 1 amide bonds. The maximum absolute atomic E-state index is 12.6. The molecule has 0 fully saturated rings. The number of nitrogens with one attached hydrogen (secondary N) is 1. The molecule has 0 radical (unpaired) electrons. The predicted octanol–water partition coefficient (Wildman–Crippen LogP) is 4.80. The van der Waals surface area contributed by atoms with Gasteiger partial charge in [0.05, 0.1) is 17.9 Å². The van der Waals surface area contributed by atoms with Crippen molar-refractivity contribution in [2.45, 2.75) is 45.8 Å². The van der Waals surface area contributed by atoms with Crippen LogP contribution in [0.2, 0.25) is 0 Å². The lowest BCUT2D eigenvalue weighted by molar-refractivity contribution is -0.113. The molecule has 0 spiro atoms. The molecule has 0 bridgehead atoms. The molecule has 7 nitrogen and oxygen atoms in total. The minimum Gasteiger partial charge on any atom is -0.462 e. The van der Waals surface area contributed by atoms with Crippen molar-refractivity contribution in [3.63, 3.8) is 0 Å². The third-order valence-electron chi connectivity index (χ3n) is 4.56. The fourth-order valence-corrected chi connectivity index (χ4v) is 4.76. The monoisotopic (exact) mass is 458 g/mol. The highest BCUT2D eigenvalue weighted by molar-refractivity contribution is 7.99. The van der Waals surface area contributed by atoms with E-state index >= 15 is 0 Å². The Morgan fingerprint density at radius 2 is 1.90 bits per heavy atom. The van der Waals surface area contributed by atoms with Gasteiger partial charge < -0.3 is 14.6 Å². The van der Waals surface area contributed by atoms with Crippen molar-refractivity contribution >= 4 is 40.0 Å². The second-order valence-electron chi connectivity index (χ2n) is 6.78. The van der Waals surface area contributed by atoms with Gasteiger partial charge >= 0.3 is 5.97 Å². The molecular formula is C22H26N4O3S2. The minimum atomic E-state index is -0.421. The number of hydrogen-bond donors (Lipinski definition) is 1. The van der Waals surface area contributed by atoms with Crippen LogP contribution in [-0.4, -0.2) is 39.0 Å². The van der Waals surface area contributed by atoms with Gasteiger partial charge in [-0.3, -0.25) is 4.79 Å². The van der Waals surface area contributed by atoms with Crippen molar-refractivity contribution in [3.05, 3.63) is 46.3 Å². The molecule has 3 aromatic rings. The van der Waals surface area contributed by atoms with Gasteiger partial charge in [-0.2, -0.15) is 0 Å². The number of hydrogen-bond acceptors (Lipinski definition) is 7. The first-order chi connectivity index (χ1) is 15.0. The molecule has 0 atom stereocenters. The second-order valence-corrected chi connectivity index (χ2v) is 8.86. The largest absolute Gasteiger partial charge is 0.462 e. The number of esters is 1. The van der Waals surface area contributed by atoms with Gasteiger partial charge in [0.15, 0.2) is 11.0 Å². The first-order valence-corrected chi connectivity index (χ1v) is 12.0. The van der Waals surface area contributed by atoms with Crippen LogP contribution >= 0.6 is 23.1 Å². The molecule has 9 heteroatoms. The molecule has 0 unspecified atom stereocenters. The van der Waals surface area contributed by atoms with Gasteiger partial charge in [-0.1, -0.05) is 48.5 Å². The number of amides is 1. The zero-order valence-electron chi connectivity index (χ0n) is 18.1. The number of carbonyl (C=O) groups is 2. The number of nitrogens with zero attached hydrogens (tertiary/aromatic N) is 3. The van der Waals surface area contributed by atoms with Crippen molar-refractivity contribution < 1.29 is 14.3 Å². The Balaban J connectivity index is 1.70.